The van der Waals surface area contributed by atoms with Crippen LogP contribution in [0.3, 0.4) is 0 Å². The van der Waals surface area contributed by atoms with Crippen molar-refractivity contribution in [3.8, 4) is 0 Å². The van der Waals surface area contributed by atoms with Gasteiger partial charge >= 0.3 is 0 Å². The third-order valence-electron chi connectivity index (χ3n) is 3.02. The van der Waals surface area contributed by atoms with E-state index in [1.54, 1.807) is 0 Å². The average molecular weight is 226 g/mol. The van der Waals surface area contributed by atoms with E-state index >= 15 is 0 Å². The van der Waals surface area contributed by atoms with E-state index in [0.717, 1.165) is 21.9 Å². The third kappa shape index (κ3) is 2.40. The third-order valence-corrected chi connectivity index (χ3v) is 3.02. The van der Waals surface area contributed by atoms with E-state index in [0.29, 0.717) is 6.42 Å². The van der Waals surface area contributed by atoms with Gasteiger partial charge in [0.2, 0.25) is 0 Å². The van der Waals surface area contributed by atoms with Gasteiger partial charge in [0.25, 0.3) is 0 Å². The smallest absolute Gasteiger partial charge is 0.0911 e. The molecule has 0 heterocycles. The summed E-state index contributed by atoms with van der Waals surface area (Å²) >= 11 is 0. The van der Waals surface area contributed by atoms with E-state index in [1.807, 2.05) is 38.1 Å². The Labute approximate surface area is 102 Å². The highest BCUT2D eigenvalue weighted by atomic mass is 16.3. The average Bonchev–Trinajstić information content (AvgIpc) is 2.26. The highest BCUT2D eigenvalue weighted by Gasteiger charge is 2.24. The summed E-state index contributed by atoms with van der Waals surface area (Å²) in [5.74, 6) is 0. The highest BCUT2D eigenvalue weighted by molar-refractivity contribution is 5.86. The second-order valence-electron chi connectivity index (χ2n) is 4.93. The molecule has 0 unspecified atom stereocenters. The zero-order valence-electron chi connectivity index (χ0n) is 10.4. The second-order valence-corrected chi connectivity index (χ2v) is 4.93. The van der Waals surface area contributed by atoms with Crippen molar-refractivity contribution < 1.29 is 5.11 Å². The SMILES string of the molecule is C=C(C)C[C@@](C)(O)c1cccc2ccccc12. The quantitative estimate of drug-likeness (QED) is 0.784. The summed E-state index contributed by atoms with van der Waals surface area (Å²) in [6, 6.07) is 14.2. The fourth-order valence-corrected chi connectivity index (χ4v) is 2.38. The van der Waals surface area contributed by atoms with Gasteiger partial charge in [-0.15, -0.1) is 6.58 Å². The predicted octanol–water partition coefficient (Wildman–Crippen LogP) is 4.01. The molecule has 2 aromatic carbocycles. The van der Waals surface area contributed by atoms with Gasteiger partial charge in [-0.3, -0.25) is 0 Å². The molecule has 0 bridgehead atoms. The molecule has 2 aromatic rings. The van der Waals surface area contributed by atoms with Crippen molar-refractivity contribution in [3.05, 3.63) is 60.2 Å². The topological polar surface area (TPSA) is 20.2 Å². The van der Waals surface area contributed by atoms with Crippen LogP contribution in [0.1, 0.15) is 25.8 Å². The van der Waals surface area contributed by atoms with Crippen molar-refractivity contribution in [2.45, 2.75) is 25.9 Å². The molecule has 0 saturated heterocycles. The van der Waals surface area contributed by atoms with E-state index < -0.39 is 5.60 Å². The second kappa shape index (κ2) is 4.34. The highest BCUT2D eigenvalue weighted by Crippen LogP contribution is 2.32. The molecule has 1 nitrogen and oxygen atoms in total. The first-order valence-electron chi connectivity index (χ1n) is 5.86. The number of hydrogen-bond donors (Lipinski definition) is 1. The van der Waals surface area contributed by atoms with Crippen molar-refractivity contribution >= 4 is 10.8 Å². The molecule has 0 saturated carbocycles. The van der Waals surface area contributed by atoms with E-state index in [4.69, 9.17) is 0 Å². The lowest BCUT2D eigenvalue weighted by molar-refractivity contribution is 0.0593. The Bertz CT molecular complexity index is 547. The number of hydrogen-bond acceptors (Lipinski definition) is 1. The maximum absolute atomic E-state index is 10.6. The van der Waals surface area contributed by atoms with Gasteiger partial charge in [0.1, 0.15) is 0 Å². The minimum atomic E-state index is -0.854. The summed E-state index contributed by atoms with van der Waals surface area (Å²) in [7, 11) is 0. The van der Waals surface area contributed by atoms with Crippen LogP contribution >= 0.6 is 0 Å². The van der Waals surface area contributed by atoms with Crippen LogP contribution in [0.25, 0.3) is 10.8 Å². The number of rotatable bonds is 3. The number of benzene rings is 2. The van der Waals surface area contributed by atoms with E-state index in [-0.39, 0.29) is 0 Å². The molecule has 2 rings (SSSR count). The Morgan fingerprint density at radius 1 is 1.18 bits per heavy atom. The van der Waals surface area contributed by atoms with Gasteiger partial charge in [-0.1, -0.05) is 48.0 Å². The first kappa shape index (κ1) is 11.9. The van der Waals surface area contributed by atoms with Gasteiger partial charge in [-0.05, 0) is 30.2 Å². The van der Waals surface area contributed by atoms with Crippen LogP contribution in [0.2, 0.25) is 0 Å². The molecule has 1 atom stereocenters. The van der Waals surface area contributed by atoms with Crippen LogP contribution in [0.4, 0.5) is 0 Å². The molecule has 0 amide bonds. The van der Waals surface area contributed by atoms with Crippen LogP contribution in [0, 0.1) is 0 Å². The molecule has 0 aromatic heterocycles. The van der Waals surface area contributed by atoms with Crippen LogP contribution in [-0.4, -0.2) is 5.11 Å². The van der Waals surface area contributed by atoms with Crippen molar-refractivity contribution in [1.82, 2.24) is 0 Å². The summed E-state index contributed by atoms with van der Waals surface area (Å²) in [6.07, 6.45) is 0.584. The predicted molar refractivity (Wildman–Crippen MR) is 72.9 cm³/mol. The van der Waals surface area contributed by atoms with E-state index in [2.05, 4.69) is 24.8 Å². The molecule has 0 aliphatic rings. The number of fused-ring (bicyclic) bond motifs is 1. The van der Waals surface area contributed by atoms with Crippen molar-refractivity contribution in [3.63, 3.8) is 0 Å². The number of aliphatic hydroxyl groups is 1. The lowest BCUT2D eigenvalue weighted by Crippen LogP contribution is -2.21. The van der Waals surface area contributed by atoms with Gasteiger partial charge < -0.3 is 5.11 Å². The molecule has 17 heavy (non-hydrogen) atoms. The normalized spacial score (nSPS) is 14.5. The Kier molecular flexibility index (Phi) is 3.03. The molecule has 0 fully saturated rings. The molecule has 0 aliphatic heterocycles. The fourth-order valence-electron chi connectivity index (χ4n) is 2.38. The minimum absolute atomic E-state index is 0.584. The van der Waals surface area contributed by atoms with Gasteiger partial charge in [-0.25, -0.2) is 0 Å². The first-order chi connectivity index (χ1) is 8.00. The maximum atomic E-state index is 10.6. The molecule has 88 valence electrons. The fraction of sp³-hybridized carbons (Fsp3) is 0.250. The summed E-state index contributed by atoms with van der Waals surface area (Å²) in [5.41, 5.74) is 1.11. The molecular formula is C16H18O. The Morgan fingerprint density at radius 2 is 1.82 bits per heavy atom. The molecule has 1 heteroatoms. The molecule has 0 radical (unpaired) electrons. The Hall–Kier alpha value is -1.60. The summed E-state index contributed by atoms with van der Waals surface area (Å²) in [4.78, 5) is 0. The lowest BCUT2D eigenvalue weighted by atomic mass is 9.86. The van der Waals surface area contributed by atoms with Gasteiger partial charge in [0.05, 0.1) is 5.60 Å². The van der Waals surface area contributed by atoms with Gasteiger partial charge in [0.15, 0.2) is 0 Å². The standard InChI is InChI=1S/C16H18O/c1-12(2)11-16(3,17)15-10-6-8-13-7-4-5-9-14(13)15/h4-10,17H,1,11H2,2-3H3/t16-/m1/s1. The lowest BCUT2D eigenvalue weighted by Gasteiger charge is -2.25. The monoisotopic (exact) mass is 226 g/mol. The first-order valence-corrected chi connectivity index (χ1v) is 5.86. The summed E-state index contributed by atoms with van der Waals surface area (Å²) in [5, 5.41) is 12.9. The zero-order valence-corrected chi connectivity index (χ0v) is 10.4. The largest absolute Gasteiger partial charge is 0.385 e. The molecular weight excluding hydrogens is 208 g/mol. The van der Waals surface area contributed by atoms with Crippen molar-refractivity contribution in [2.24, 2.45) is 0 Å². The summed E-state index contributed by atoms with van der Waals surface area (Å²) in [6.45, 7) is 7.68. The van der Waals surface area contributed by atoms with Crippen molar-refractivity contribution in [2.75, 3.05) is 0 Å². The van der Waals surface area contributed by atoms with Gasteiger partial charge in [0, 0.05) is 6.42 Å². The van der Waals surface area contributed by atoms with Crippen LogP contribution < -0.4 is 0 Å². The molecule has 0 spiro atoms. The zero-order chi connectivity index (χ0) is 12.5. The van der Waals surface area contributed by atoms with Crippen molar-refractivity contribution in [1.29, 1.82) is 0 Å². The summed E-state index contributed by atoms with van der Waals surface area (Å²) < 4.78 is 0. The van der Waals surface area contributed by atoms with E-state index in [9.17, 15) is 5.11 Å². The van der Waals surface area contributed by atoms with Crippen LogP contribution in [0.5, 0.6) is 0 Å². The van der Waals surface area contributed by atoms with E-state index in [1.165, 1.54) is 0 Å². The molecule has 1 N–H and O–H groups in total. The van der Waals surface area contributed by atoms with Gasteiger partial charge in [-0.2, -0.15) is 0 Å². The Balaban J connectivity index is 2.58. The van der Waals surface area contributed by atoms with Crippen LogP contribution in [0.15, 0.2) is 54.6 Å². The van der Waals surface area contributed by atoms with Crippen LogP contribution in [-0.2, 0) is 5.60 Å². The minimum Gasteiger partial charge on any atom is -0.385 e. The maximum Gasteiger partial charge on any atom is 0.0911 e. The Morgan fingerprint density at radius 3 is 2.53 bits per heavy atom. The molecule has 0 aliphatic carbocycles.